The van der Waals surface area contributed by atoms with Crippen molar-refractivity contribution < 1.29 is 18.5 Å². The van der Waals surface area contributed by atoms with Crippen LogP contribution in [0.3, 0.4) is 0 Å². The second kappa shape index (κ2) is 10.1. The fraction of sp³-hybridized carbons (Fsp3) is 0.483. The molecule has 8 heteroatoms. The molecule has 0 saturated carbocycles. The number of carbonyl (C=O) groups is 1. The van der Waals surface area contributed by atoms with Gasteiger partial charge in [-0.05, 0) is 88.4 Å². The van der Waals surface area contributed by atoms with Crippen LogP contribution in [0.5, 0.6) is 5.75 Å². The number of hydrogen-bond acceptors (Lipinski definition) is 6. The summed E-state index contributed by atoms with van der Waals surface area (Å²) in [6.07, 6.45) is 4.95. The number of methoxy groups -OCH3 is 1. The molecule has 37 heavy (non-hydrogen) atoms. The Balaban J connectivity index is 1.74. The molecule has 1 aliphatic rings. The molecular formula is C29H39N3O4S. The molecule has 3 atom stereocenters. The highest BCUT2D eigenvalue weighted by Gasteiger charge is 2.30. The third-order valence-electron chi connectivity index (χ3n) is 7.09. The van der Waals surface area contributed by atoms with E-state index >= 15 is 0 Å². The van der Waals surface area contributed by atoms with Crippen LogP contribution in [0.4, 0.5) is 4.79 Å². The smallest absolute Gasteiger partial charge is 0.419 e. The van der Waals surface area contributed by atoms with Gasteiger partial charge in [0.05, 0.1) is 22.4 Å². The van der Waals surface area contributed by atoms with Crippen molar-refractivity contribution in [3.63, 3.8) is 0 Å². The maximum Gasteiger partial charge on any atom is 0.419 e. The van der Waals surface area contributed by atoms with E-state index in [1.165, 1.54) is 6.26 Å². The molecule has 7 nitrogen and oxygen atoms in total. The van der Waals surface area contributed by atoms with Crippen LogP contribution >= 0.6 is 0 Å². The maximum atomic E-state index is 13.0. The SMILES string of the molecule is COc1cc(C)c2c(ccn2C(=O)OC(C)(C)C)c1CN1CC[C@@H](C)C[C@H]1c1ccc(S(C)(=N)=O)cc1. The van der Waals surface area contributed by atoms with Gasteiger partial charge >= 0.3 is 6.09 Å². The third kappa shape index (κ3) is 5.85. The molecule has 1 N–H and O–H groups in total. The van der Waals surface area contributed by atoms with Crippen LogP contribution in [0.15, 0.2) is 47.5 Å². The number of aromatic nitrogens is 1. The van der Waals surface area contributed by atoms with Crippen molar-refractivity contribution >= 4 is 26.7 Å². The normalized spacial score (nSPS) is 20.5. The number of nitrogens with one attached hydrogen (secondary N) is 1. The summed E-state index contributed by atoms with van der Waals surface area (Å²) in [4.78, 5) is 16.0. The first-order valence-electron chi connectivity index (χ1n) is 12.8. The average Bonchev–Trinajstić information content (AvgIpc) is 3.26. The van der Waals surface area contributed by atoms with E-state index in [9.17, 15) is 9.00 Å². The van der Waals surface area contributed by atoms with Gasteiger partial charge in [-0.2, -0.15) is 0 Å². The molecule has 1 saturated heterocycles. The molecule has 0 aliphatic carbocycles. The van der Waals surface area contributed by atoms with Crippen molar-refractivity contribution in [2.45, 2.75) is 70.5 Å². The zero-order valence-electron chi connectivity index (χ0n) is 23.0. The van der Waals surface area contributed by atoms with Crippen molar-refractivity contribution in [1.82, 2.24) is 9.47 Å². The summed E-state index contributed by atoms with van der Waals surface area (Å²) < 4.78 is 33.2. The van der Waals surface area contributed by atoms with E-state index in [4.69, 9.17) is 14.3 Å². The quantitative estimate of drug-likeness (QED) is 0.398. The number of rotatable bonds is 5. The van der Waals surface area contributed by atoms with Gasteiger partial charge in [-0.15, -0.1) is 0 Å². The van der Waals surface area contributed by atoms with Gasteiger partial charge in [0.2, 0.25) is 0 Å². The van der Waals surface area contributed by atoms with E-state index in [0.29, 0.717) is 17.4 Å². The number of piperidine rings is 1. The minimum absolute atomic E-state index is 0.186. The summed E-state index contributed by atoms with van der Waals surface area (Å²) in [5.41, 5.74) is 3.40. The van der Waals surface area contributed by atoms with Crippen molar-refractivity contribution in [1.29, 1.82) is 4.78 Å². The molecule has 1 fully saturated rings. The standard InChI is InChI=1S/C29H39N3O4S/c1-19-12-14-31(25(16-19)21-8-10-22(11-9-21)37(7,30)34)18-24-23-13-15-32(28(33)36-29(3,4)5)27(23)20(2)17-26(24)35-6/h8-11,13,15,17,19,25,30H,12,14,16,18H2,1-7H3/t19-,25+,37?/m1/s1. The molecule has 4 rings (SSSR count). The number of nitrogens with zero attached hydrogens (tertiary/aromatic N) is 2. The second-order valence-corrected chi connectivity index (χ2v) is 13.5. The zero-order valence-corrected chi connectivity index (χ0v) is 23.8. The predicted molar refractivity (Wildman–Crippen MR) is 148 cm³/mol. The van der Waals surface area contributed by atoms with Crippen molar-refractivity contribution in [3.8, 4) is 5.75 Å². The molecule has 2 aromatic carbocycles. The van der Waals surface area contributed by atoms with Gasteiger partial charge in [0.25, 0.3) is 0 Å². The van der Waals surface area contributed by atoms with E-state index in [-0.39, 0.29) is 6.04 Å². The Hall–Kier alpha value is -2.84. The van der Waals surface area contributed by atoms with E-state index in [1.54, 1.807) is 17.9 Å². The van der Waals surface area contributed by atoms with Gasteiger partial charge in [0.1, 0.15) is 11.4 Å². The van der Waals surface area contributed by atoms with E-state index in [0.717, 1.165) is 52.7 Å². The number of benzene rings is 2. The monoisotopic (exact) mass is 525 g/mol. The van der Waals surface area contributed by atoms with Crippen LogP contribution in [0.1, 0.15) is 63.3 Å². The average molecular weight is 526 g/mol. The van der Waals surface area contributed by atoms with E-state index in [2.05, 4.69) is 11.8 Å². The summed E-state index contributed by atoms with van der Waals surface area (Å²) in [6.45, 7) is 11.5. The molecule has 0 spiro atoms. The lowest BCUT2D eigenvalue weighted by atomic mass is 9.87. The third-order valence-corrected chi connectivity index (χ3v) is 8.26. The van der Waals surface area contributed by atoms with Crippen LogP contribution in [0, 0.1) is 17.6 Å². The Morgan fingerprint density at radius 1 is 1.19 bits per heavy atom. The van der Waals surface area contributed by atoms with Gasteiger partial charge in [0, 0.05) is 40.9 Å². The number of fused-ring (bicyclic) bond motifs is 1. The second-order valence-electron chi connectivity index (χ2n) is 11.3. The fourth-order valence-corrected chi connectivity index (χ4v) is 5.91. The Labute approximate surface area is 220 Å². The first-order valence-corrected chi connectivity index (χ1v) is 14.7. The van der Waals surface area contributed by atoms with Crippen molar-refractivity contribution in [2.75, 3.05) is 19.9 Å². The van der Waals surface area contributed by atoms with Crippen LogP contribution in [0.25, 0.3) is 10.9 Å². The largest absolute Gasteiger partial charge is 0.496 e. The number of likely N-dealkylation sites (tertiary alicyclic amines) is 1. The Bertz CT molecular complexity index is 1400. The number of aryl methyl sites for hydroxylation is 1. The van der Waals surface area contributed by atoms with Crippen molar-refractivity contribution in [2.24, 2.45) is 5.92 Å². The minimum Gasteiger partial charge on any atom is -0.496 e. The van der Waals surface area contributed by atoms with Gasteiger partial charge in [-0.1, -0.05) is 19.1 Å². The molecule has 0 radical (unpaired) electrons. The Morgan fingerprint density at radius 3 is 2.46 bits per heavy atom. The zero-order chi connectivity index (χ0) is 27.1. The fourth-order valence-electron chi connectivity index (χ4n) is 5.25. The van der Waals surface area contributed by atoms with Gasteiger partial charge in [-0.3, -0.25) is 9.47 Å². The van der Waals surface area contributed by atoms with Crippen LogP contribution in [-0.4, -0.2) is 45.3 Å². The molecule has 1 aromatic heterocycles. The molecule has 3 aromatic rings. The highest BCUT2D eigenvalue weighted by Crippen LogP contribution is 2.39. The molecule has 200 valence electrons. The minimum atomic E-state index is -2.75. The summed E-state index contributed by atoms with van der Waals surface area (Å²) >= 11 is 0. The van der Waals surface area contributed by atoms with Gasteiger partial charge in [0.15, 0.2) is 0 Å². The van der Waals surface area contributed by atoms with Gasteiger partial charge < -0.3 is 9.47 Å². The van der Waals surface area contributed by atoms with E-state index < -0.39 is 21.4 Å². The highest BCUT2D eigenvalue weighted by atomic mass is 32.2. The number of carbonyl (C=O) groups excluding carboxylic acids is 1. The van der Waals surface area contributed by atoms with E-state index in [1.807, 2.05) is 64.1 Å². The number of ether oxygens (including phenoxy) is 2. The highest BCUT2D eigenvalue weighted by molar-refractivity contribution is 7.91. The Kier molecular flexibility index (Phi) is 7.45. The lowest BCUT2D eigenvalue weighted by Crippen LogP contribution is -2.36. The molecular weight excluding hydrogens is 486 g/mol. The summed E-state index contributed by atoms with van der Waals surface area (Å²) in [7, 11) is -1.06. The van der Waals surface area contributed by atoms with Crippen LogP contribution < -0.4 is 4.74 Å². The van der Waals surface area contributed by atoms with Gasteiger partial charge in [-0.25, -0.2) is 13.8 Å². The van der Waals surface area contributed by atoms with Crippen LogP contribution in [-0.2, 0) is 21.0 Å². The summed E-state index contributed by atoms with van der Waals surface area (Å²) in [6, 6.07) is 11.9. The molecule has 0 bridgehead atoms. The molecule has 2 heterocycles. The number of hydrogen-bond donors (Lipinski definition) is 1. The topological polar surface area (TPSA) is 84.6 Å². The molecule has 1 aliphatic heterocycles. The summed E-state index contributed by atoms with van der Waals surface area (Å²) in [5.74, 6) is 1.39. The Morgan fingerprint density at radius 2 is 1.86 bits per heavy atom. The first-order chi connectivity index (χ1) is 17.3. The predicted octanol–water partition coefficient (Wildman–Crippen LogP) is 6.75. The molecule has 0 amide bonds. The first kappa shape index (κ1) is 27.2. The van der Waals surface area contributed by atoms with Crippen molar-refractivity contribution in [3.05, 3.63) is 59.3 Å². The lowest BCUT2D eigenvalue weighted by molar-refractivity contribution is 0.0544. The molecule has 1 unspecified atom stereocenters. The maximum absolute atomic E-state index is 13.0. The van der Waals surface area contributed by atoms with Crippen LogP contribution in [0.2, 0.25) is 0 Å². The summed E-state index contributed by atoms with van der Waals surface area (Å²) in [5, 5.41) is 0.982. The lowest BCUT2D eigenvalue weighted by Gasteiger charge is -2.39.